The molecule has 0 atom stereocenters. The van der Waals surface area contributed by atoms with Crippen LogP contribution in [0.1, 0.15) is 0 Å². The molecule has 0 aliphatic heterocycles. The third-order valence-electron chi connectivity index (χ3n) is 0.913. The number of carbonyl (C=O) groups is 1. The van der Waals surface area contributed by atoms with E-state index in [9.17, 15) is 4.79 Å². The van der Waals surface area contributed by atoms with E-state index < -0.39 is 0 Å². The first-order valence-corrected chi connectivity index (χ1v) is 7.19. The minimum Gasteiger partial charge on any atom is -0.355 e. The molecule has 0 spiro atoms. The molecule has 0 aromatic rings. The minimum absolute atomic E-state index is 0.0411. The Hall–Kier alpha value is 0.610. The number of amides is 1. The standard InChI is InChI=1S/C6H13BrN2OS2/c7-5-6(10)9-2-4-12-11-3-1-8/h1-5,8H2,(H,9,10). The average molecular weight is 273 g/mol. The lowest BCUT2D eigenvalue weighted by Gasteiger charge is -2.01. The second-order valence-corrected chi connectivity index (χ2v) is 5.18. The normalized spacial score (nSPS) is 9.83. The van der Waals surface area contributed by atoms with Gasteiger partial charge in [-0.15, -0.1) is 0 Å². The number of hydrogen-bond donors (Lipinski definition) is 2. The van der Waals surface area contributed by atoms with Crippen LogP contribution in [0.2, 0.25) is 0 Å². The summed E-state index contributed by atoms with van der Waals surface area (Å²) >= 11 is 3.07. The monoisotopic (exact) mass is 272 g/mol. The predicted molar refractivity (Wildman–Crippen MR) is 60.8 cm³/mol. The summed E-state index contributed by atoms with van der Waals surface area (Å²) < 4.78 is 0. The quantitative estimate of drug-likeness (QED) is 0.410. The number of alkyl halides is 1. The number of halogens is 1. The zero-order valence-corrected chi connectivity index (χ0v) is 9.93. The van der Waals surface area contributed by atoms with E-state index in [1.807, 2.05) is 0 Å². The molecule has 0 radical (unpaired) electrons. The van der Waals surface area contributed by atoms with E-state index in [4.69, 9.17) is 5.73 Å². The van der Waals surface area contributed by atoms with Gasteiger partial charge in [-0.25, -0.2) is 0 Å². The Balaban J connectivity index is 2.95. The van der Waals surface area contributed by atoms with E-state index in [-0.39, 0.29) is 5.91 Å². The molecule has 0 aromatic carbocycles. The molecule has 6 heteroatoms. The highest BCUT2D eigenvalue weighted by atomic mass is 79.9. The maximum Gasteiger partial charge on any atom is 0.230 e. The molecule has 12 heavy (non-hydrogen) atoms. The van der Waals surface area contributed by atoms with Crippen LogP contribution in [0.4, 0.5) is 0 Å². The van der Waals surface area contributed by atoms with E-state index >= 15 is 0 Å². The van der Waals surface area contributed by atoms with E-state index in [1.54, 1.807) is 21.6 Å². The van der Waals surface area contributed by atoms with Crippen molar-refractivity contribution in [3.05, 3.63) is 0 Å². The number of nitrogens with two attached hydrogens (primary N) is 1. The van der Waals surface area contributed by atoms with Gasteiger partial charge in [-0.1, -0.05) is 37.5 Å². The van der Waals surface area contributed by atoms with E-state index in [0.717, 1.165) is 18.1 Å². The SMILES string of the molecule is NCCSSCCNC(=O)CBr. The summed E-state index contributed by atoms with van der Waals surface area (Å²) in [7, 11) is 3.48. The summed E-state index contributed by atoms with van der Waals surface area (Å²) in [5.74, 6) is 1.94. The van der Waals surface area contributed by atoms with Crippen LogP contribution in [0, 0.1) is 0 Å². The van der Waals surface area contributed by atoms with E-state index in [0.29, 0.717) is 11.9 Å². The van der Waals surface area contributed by atoms with Gasteiger partial charge in [0.2, 0.25) is 5.91 Å². The molecular formula is C6H13BrN2OS2. The first kappa shape index (κ1) is 12.6. The van der Waals surface area contributed by atoms with Crippen molar-refractivity contribution in [2.45, 2.75) is 0 Å². The van der Waals surface area contributed by atoms with Gasteiger partial charge in [0.15, 0.2) is 0 Å². The molecule has 0 fully saturated rings. The zero-order valence-electron chi connectivity index (χ0n) is 6.72. The summed E-state index contributed by atoms with van der Waals surface area (Å²) in [5.41, 5.74) is 5.30. The molecular weight excluding hydrogens is 260 g/mol. The van der Waals surface area contributed by atoms with Crippen molar-refractivity contribution >= 4 is 43.4 Å². The van der Waals surface area contributed by atoms with Crippen molar-refractivity contribution in [1.29, 1.82) is 0 Å². The van der Waals surface area contributed by atoms with Gasteiger partial charge < -0.3 is 11.1 Å². The first-order valence-electron chi connectivity index (χ1n) is 3.58. The van der Waals surface area contributed by atoms with Gasteiger partial charge in [-0.3, -0.25) is 4.79 Å². The van der Waals surface area contributed by atoms with Crippen molar-refractivity contribution in [1.82, 2.24) is 5.32 Å². The molecule has 1 amide bonds. The lowest BCUT2D eigenvalue weighted by Crippen LogP contribution is -2.26. The van der Waals surface area contributed by atoms with Crippen LogP contribution in [0.3, 0.4) is 0 Å². The Morgan fingerprint density at radius 3 is 2.67 bits per heavy atom. The maximum absolute atomic E-state index is 10.7. The fraction of sp³-hybridized carbons (Fsp3) is 0.833. The molecule has 0 rings (SSSR count). The molecule has 0 aliphatic carbocycles. The topological polar surface area (TPSA) is 55.1 Å². The summed E-state index contributed by atoms with van der Waals surface area (Å²) in [5, 5.41) is 3.14. The lowest BCUT2D eigenvalue weighted by molar-refractivity contribution is -0.118. The number of carbonyl (C=O) groups excluding carboxylic acids is 1. The first-order chi connectivity index (χ1) is 5.81. The Bertz CT molecular complexity index is 126. The second kappa shape index (κ2) is 9.70. The van der Waals surface area contributed by atoms with Crippen molar-refractivity contribution in [3.8, 4) is 0 Å². The van der Waals surface area contributed by atoms with E-state index in [2.05, 4.69) is 21.2 Å². The Kier molecular flexibility index (Phi) is 10.2. The van der Waals surface area contributed by atoms with Crippen LogP contribution >= 0.6 is 37.5 Å². The molecule has 0 bridgehead atoms. The number of nitrogens with one attached hydrogen (secondary N) is 1. The van der Waals surface area contributed by atoms with Gasteiger partial charge in [0, 0.05) is 24.6 Å². The molecule has 3 nitrogen and oxygen atoms in total. The summed E-state index contributed by atoms with van der Waals surface area (Å²) in [6.45, 7) is 1.44. The van der Waals surface area contributed by atoms with Crippen LogP contribution in [0.25, 0.3) is 0 Å². The molecule has 3 N–H and O–H groups in total. The van der Waals surface area contributed by atoms with Crippen LogP contribution in [0.5, 0.6) is 0 Å². The van der Waals surface area contributed by atoms with Crippen molar-refractivity contribution < 1.29 is 4.79 Å². The Morgan fingerprint density at radius 1 is 1.42 bits per heavy atom. The molecule has 0 saturated heterocycles. The highest BCUT2D eigenvalue weighted by molar-refractivity contribution is 9.09. The van der Waals surface area contributed by atoms with Gasteiger partial charge >= 0.3 is 0 Å². The molecule has 0 aromatic heterocycles. The van der Waals surface area contributed by atoms with Crippen LogP contribution in [-0.4, -0.2) is 35.8 Å². The molecule has 0 unspecified atom stereocenters. The van der Waals surface area contributed by atoms with Gasteiger partial charge in [-0.05, 0) is 0 Å². The summed E-state index contributed by atoms with van der Waals surface area (Å²) in [6, 6.07) is 0. The minimum atomic E-state index is 0.0411. The molecule has 0 saturated carbocycles. The van der Waals surface area contributed by atoms with Crippen LogP contribution in [-0.2, 0) is 4.79 Å². The molecule has 72 valence electrons. The molecule has 0 aliphatic rings. The van der Waals surface area contributed by atoms with Crippen LogP contribution in [0.15, 0.2) is 0 Å². The third kappa shape index (κ3) is 8.70. The lowest BCUT2D eigenvalue weighted by atomic mass is 10.6. The number of hydrogen-bond acceptors (Lipinski definition) is 4. The average Bonchev–Trinajstić information content (AvgIpc) is 2.10. The highest BCUT2D eigenvalue weighted by Crippen LogP contribution is 2.18. The van der Waals surface area contributed by atoms with E-state index in [1.165, 1.54) is 0 Å². The van der Waals surface area contributed by atoms with Gasteiger partial charge in [-0.2, -0.15) is 0 Å². The largest absolute Gasteiger partial charge is 0.355 e. The maximum atomic E-state index is 10.7. The smallest absolute Gasteiger partial charge is 0.230 e. The van der Waals surface area contributed by atoms with Crippen molar-refractivity contribution in [2.75, 3.05) is 29.9 Å². The predicted octanol–water partition coefficient (Wildman–Crippen LogP) is 0.838. The van der Waals surface area contributed by atoms with Gasteiger partial charge in [0.1, 0.15) is 0 Å². The fourth-order valence-corrected chi connectivity index (χ4v) is 2.41. The van der Waals surface area contributed by atoms with Gasteiger partial charge in [0.05, 0.1) is 5.33 Å². The highest BCUT2D eigenvalue weighted by Gasteiger charge is 1.95. The second-order valence-electron chi connectivity index (χ2n) is 1.92. The zero-order chi connectivity index (χ0) is 9.23. The number of rotatable bonds is 7. The van der Waals surface area contributed by atoms with Crippen LogP contribution < -0.4 is 11.1 Å². The Labute approximate surface area is 89.1 Å². The van der Waals surface area contributed by atoms with Gasteiger partial charge in [0.25, 0.3) is 0 Å². The molecule has 0 heterocycles. The summed E-state index contributed by atoms with van der Waals surface area (Å²) in [6.07, 6.45) is 0. The summed E-state index contributed by atoms with van der Waals surface area (Å²) in [4.78, 5) is 10.7. The Morgan fingerprint density at radius 2 is 2.08 bits per heavy atom. The third-order valence-corrected chi connectivity index (χ3v) is 3.86. The van der Waals surface area contributed by atoms with Crippen molar-refractivity contribution in [3.63, 3.8) is 0 Å². The van der Waals surface area contributed by atoms with Crippen molar-refractivity contribution in [2.24, 2.45) is 5.73 Å². The fourth-order valence-electron chi connectivity index (χ4n) is 0.445.